The first-order valence-corrected chi connectivity index (χ1v) is 15.3. The van der Waals surface area contributed by atoms with Gasteiger partial charge >= 0.3 is 0 Å². The number of carbonyl (C=O) groups excluding carboxylic acids is 1. The predicted octanol–water partition coefficient (Wildman–Crippen LogP) is 6.83. The van der Waals surface area contributed by atoms with E-state index in [4.69, 9.17) is 14.8 Å². The van der Waals surface area contributed by atoms with E-state index in [1.54, 1.807) is 22.8 Å². The van der Waals surface area contributed by atoms with Crippen LogP contribution < -0.4 is 15.4 Å². The van der Waals surface area contributed by atoms with Crippen molar-refractivity contribution in [1.82, 2.24) is 24.5 Å². The summed E-state index contributed by atoms with van der Waals surface area (Å²) in [6, 6.07) is 21.8. The quantitative estimate of drug-likeness (QED) is 0.164. The summed E-state index contributed by atoms with van der Waals surface area (Å²) in [6.07, 6.45) is 3.71. The number of pyridine rings is 1. The summed E-state index contributed by atoms with van der Waals surface area (Å²) >= 11 is 1.48. The SMILES string of the molecule is Cc1ccc(OCCN(C)C)cc1Nc1nccc(-c2c(-c3ccc(F)c(NC(=O)Cc4cccs4)c3)nn3ccccc23)n1. The van der Waals surface area contributed by atoms with Gasteiger partial charge in [-0.05, 0) is 80.5 Å². The lowest BCUT2D eigenvalue weighted by Crippen LogP contribution is -2.19. The van der Waals surface area contributed by atoms with E-state index in [-0.39, 0.29) is 18.0 Å². The van der Waals surface area contributed by atoms with Gasteiger partial charge in [-0.1, -0.05) is 18.2 Å². The van der Waals surface area contributed by atoms with Gasteiger partial charge in [0.2, 0.25) is 11.9 Å². The molecule has 2 aromatic carbocycles. The van der Waals surface area contributed by atoms with Crippen molar-refractivity contribution in [3.63, 3.8) is 0 Å². The number of aromatic nitrogens is 4. The molecule has 9 nitrogen and oxygen atoms in total. The number of thiophene rings is 1. The fraction of sp³-hybridized carbons (Fsp3) is 0.176. The van der Waals surface area contributed by atoms with Crippen LogP contribution in [0.15, 0.2) is 90.6 Å². The lowest BCUT2D eigenvalue weighted by molar-refractivity contribution is -0.115. The fourth-order valence-electron chi connectivity index (χ4n) is 4.84. The molecule has 0 saturated heterocycles. The average molecular weight is 622 g/mol. The molecule has 0 aliphatic rings. The van der Waals surface area contributed by atoms with Crippen LogP contribution in [0.4, 0.5) is 21.7 Å². The summed E-state index contributed by atoms with van der Waals surface area (Å²) in [5.74, 6) is 0.335. The van der Waals surface area contributed by atoms with Crippen LogP contribution in [0.5, 0.6) is 5.75 Å². The van der Waals surface area contributed by atoms with E-state index in [0.717, 1.165) is 39.5 Å². The Morgan fingerprint density at radius 2 is 1.93 bits per heavy atom. The van der Waals surface area contributed by atoms with Crippen LogP contribution >= 0.6 is 11.3 Å². The largest absolute Gasteiger partial charge is 0.492 e. The molecule has 0 fully saturated rings. The maximum Gasteiger partial charge on any atom is 0.229 e. The highest BCUT2D eigenvalue weighted by Gasteiger charge is 2.20. The molecule has 11 heteroatoms. The van der Waals surface area contributed by atoms with Crippen molar-refractivity contribution in [3.05, 3.63) is 107 Å². The second kappa shape index (κ2) is 13.2. The van der Waals surface area contributed by atoms with Crippen LogP contribution in [0.3, 0.4) is 0 Å². The van der Waals surface area contributed by atoms with Gasteiger partial charge in [0.25, 0.3) is 0 Å². The molecule has 0 saturated carbocycles. The maximum atomic E-state index is 14.9. The van der Waals surface area contributed by atoms with E-state index in [1.807, 2.05) is 87.2 Å². The minimum absolute atomic E-state index is 0.0882. The third-order valence-electron chi connectivity index (χ3n) is 7.14. The van der Waals surface area contributed by atoms with E-state index < -0.39 is 5.82 Å². The summed E-state index contributed by atoms with van der Waals surface area (Å²) < 4.78 is 22.6. The predicted molar refractivity (Wildman–Crippen MR) is 177 cm³/mol. The van der Waals surface area contributed by atoms with E-state index in [1.165, 1.54) is 17.4 Å². The Bertz CT molecular complexity index is 1960. The van der Waals surface area contributed by atoms with E-state index >= 15 is 0 Å². The highest BCUT2D eigenvalue weighted by atomic mass is 32.1. The van der Waals surface area contributed by atoms with Gasteiger partial charge in [0.1, 0.15) is 23.9 Å². The zero-order valence-electron chi connectivity index (χ0n) is 25.1. The molecular weight excluding hydrogens is 589 g/mol. The van der Waals surface area contributed by atoms with Gasteiger partial charge in [-0.3, -0.25) is 4.79 Å². The van der Waals surface area contributed by atoms with Crippen molar-refractivity contribution in [1.29, 1.82) is 0 Å². The van der Waals surface area contributed by atoms with Gasteiger partial charge < -0.3 is 20.3 Å². The number of nitrogens with one attached hydrogen (secondary N) is 2. The van der Waals surface area contributed by atoms with Gasteiger partial charge in [0.05, 0.1) is 28.9 Å². The summed E-state index contributed by atoms with van der Waals surface area (Å²) in [5.41, 5.74) is 5.35. The summed E-state index contributed by atoms with van der Waals surface area (Å²) in [7, 11) is 4.01. The molecule has 0 aliphatic carbocycles. The van der Waals surface area contributed by atoms with Crippen molar-refractivity contribution in [2.45, 2.75) is 13.3 Å². The molecule has 0 bridgehead atoms. The number of fused-ring (bicyclic) bond motifs is 1. The van der Waals surface area contributed by atoms with Gasteiger partial charge in [0, 0.05) is 41.1 Å². The number of ether oxygens (including phenoxy) is 1. The molecule has 0 unspecified atom stereocenters. The summed E-state index contributed by atoms with van der Waals surface area (Å²) in [6.45, 7) is 3.38. The highest BCUT2D eigenvalue weighted by Crippen LogP contribution is 2.36. The van der Waals surface area contributed by atoms with Crippen molar-refractivity contribution >= 4 is 40.1 Å². The molecule has 4 aromatic heterocycles. The van der Waals surface area contributed by atoms with E-state index in [9.17, 15) is 9.18 Å². The Morgan fingerprint density at radius 1 is 1.04 bits per heavy atom. The summed E-state index contributed by atoms with van der Waals surface area (Å²) in [4.78, 5) is 25.0. The molecule has 6 rings (SSSR count). The first kappa shape index (κ1) is 29.9. The average Bonchev–Trinajstić information content (AvgIpc) is 3.68. The number of hydrogen-bond acceptors (Lipinski definition) is 8. The van der Waals surface area contributed by atoms with E-state index in [2.05, 4.69) is 20.5 Å². The van der Waals surface area contributed by atoms with Gasteiger partial charge in [-0.25, -0.2) is 18.9 Å². The first-order chi connectivity index (χ1) is 21.8. The third kappa shape index (κ3) is 7.00. The topological polar surface area (TPSA) is 96.7 Å². The van der Waals surface area contributed by atoms with Crippen LogP contribution in [-0.2, 0) is 11.2 Å². The first-order valence-electron chi connectivity index (χ1n) is 14.4. The van der Waals surface area contributed by atoms with Crippen LogP contribution in [0.2, 0.25) is 0 Å². The van der Waals surface area contributed by atoms with Crippen LogP contribution in [-0.4, -0.2) is 57.6 Å². The smallest absolute Gasteiger partial charge is 0.229 e. The number of halogens is 1. The normalized spacial score (nSPS) is 11.2. The molecule has 6 aromatic rings. The number of likely N-dealkylation sites (N-methyl/N-ethyl adjacent to an activating group) is 1. The van der Waals surface area contributed by atoms with Crippen molar-refractivity contribution in [3.8, 4) is 28.3 Å². The minimum Gasteiger partial charge on any atom is -0.492 e. The monoisotopic (exact) mass is 621 g/mol. The van der Waals surface area contributed by atoms with Crippen LogP contribution in [0, 0.1) is 12.7 Å². The molecular formula is C34H32FN7O2S. The molecule has 0 atom stereocenters. The van der Waals surface area contributed by atoms with Gasteiger partial charge in [0.15, 0.2) is 0 Å². The van der Waals surface area contributed by atoms with Crippen LogP contribution in [0.1, 0.15) is 10.4 Å². The Labute approximate surface area is 264 Å². The fourth-order valence-corrected chi connectivity index (χ4v) is 5.54. The Kier molecular flexibility index (Phi) is 8.81. The number of nitrogens with zero attached hydrogens (tertiary/aromatic N) is 5. The zero-order chi connectivity index (χ0) is 31.3. The maximum absolute atomic E-state index is 14.9. The Morgan fingerprint density at radius 3 is 2.76 bits per heavy atom. The number of anilines is 3. The second-order valence-electron chi connectivity index (χ2n) is 10.8. The molecule has 0 spiro atoms. The van der Waals surface area contributed by atoms with Crippen molar-refractivity contribution in [2.75, 3.05) is 37.9 Å². The highest BCUT2D eigenvalue weighted by molar-refractivity contribution is 7.10. The van der Waals surface area contributed by atoms with Crippen LogP contribution in [0.25, 0.3) is 28.0 Å². The number of amides is 1. The molecule has 2 N–H and O–H groups in total. The molecule has 0 aliphatic heterocycles. The molecule has 0 radical (unpaired) electrons. The summed E-state index contributed by atoms with van der Waals surface area (Å²) in [5, 5.41) is 12.8. The Balaban J connectivity index is 1.32. The van der Waals surface area contributed by atoms with Gasteiger partial charge in [-0.2, -0.15) is 5.10 Å². The van der Waals surface area contributed by atoms with Crippen molar-refractivity contribution < 1.29 is 13.9 Å². The third-order valence-corrected chi connectivity index (χ3v) is 8.02. The van der Waals surface area contributed by atoms with E-state index in [0.29, 0.717) is 29.5 Å². The minimum atomic E-state index is -0.527. The molecule has 228 valence electrons. The second-order valence-corrected chi connectivity index (χ2v) is 11.8. The number of aryl methyl sites for hydroxylation is 1. The van der Waals surface area contributed by atoms with Crippen molar-refractivity contribution in [2.24, 2.45) is 0 Å². The molecule has 45 heavy (non-hydrogen) atoms. The lowest BCUT2D eigenvalue weighted by Gasteiger charge is -2.14. The number of benzene rings is 2. The Hall–Kier alpha value is -5.13. The number of hydrogen-bond donors (Lipinski definition) is 2. The standard InChI is InChI=1S/C34H32FN7O2S/c1-22-9-11-24(44-17-16-41(2)3)20-28(22)39-34-36-14-13-27(38-34)32-30-8-4-5-15-42(30)40-33(32)23-10-12-26(35)29(19-23)37-31(43)21-25-7-6-18-45-25/h4-15,18-20H,16-17,21H2,1-3H3,(H,37,43)(H,36,38,39). The molecule has 4 heterocycles. The lowest BCUT2D eigenvalue weighted by atomic mass is 10.0. The molecule has 1 amide bonds. The zero-order valence-corrected chi connectivity index (χ0v) is 25.9. The van der Waals surface area contributed by atoms with Gasteiger partial charge in [-0.15, -0.1) is 11.3 Å². The number of carbonyl (C=O) groups is 1. The number of rotatable bonds is 11.